The molecule has 1 aromatic carbocycles. The Morgan fingerprint density at radius 2 is 2.00 bits per heavy atom. The van der Waals surface area contributed by atoms with E-state index in [1.165, 1.54) is 6.33 Å². The van der Waals surface area contributed by atoms with Crippen molar-refractivity contribution in [2.75, 3.05) is 20.3 Å². The summed E-state index contributed by atoms with van der Waals surface area (Å²) in [7, 11) is 1.58. The molecular formula is C15H17N3O3. The predicted molar refractivity (Wildman–Crippen MR) is 77.2 cm³/mol. The van der Waals surface area contributed by atoms with Crippen LogP contribution in [0.3, 0.4) is 0 Å². The molecule has 1 heterocycles. The lowest BCUT2D eigenvalue weighted by molar-refractivity contribution is -0.123. The van der Waals surface area contributed by atoms with Crippen molar-refractivity contribution in [1.29, 1.82) is 0 Å². The molecule has 0 aliphatic heterocycles. The van der Waals surface area contributed by atoms with E-state index in [0.717, 1.165) is 5.56 Å². The van der Waals surface area contributed by atoms with Crippen molar-refractivity contribution >= 4 is 5.91 Å². The molecule has 6 nitrogen and oxygen atoms in total. The smallest absolute Gasteiger partial charge is 0.257 e. The van der Waals surface area contributed by atoms with E-state index < -0.39 is 0 Å². The quantitative estimate of drug-likeness (QED) is 0.829. The van der Waals surface area contributed by atoms with Crippen molar-refractivity contribution in [3.8, 4) is 11.5 Å². The summed E-state index contributed by atoms with van der Waals surface area (Å²) in [5.74, 6) is 1.12. The van der Waals surface area contributed by atoms with Crippen molar-refractivity contribution in [2.24, 2.45) is 0 Å². The number of ether oxygens (including phenoxy) is 2. The third kappa shape index (κ3) is 5.10. The number of hydrogen-bond acceptors (Lipinski definition) is 5. The molecule has 0 aliphatic rings. The first-order chi connectivity index (χ1) is 10.3. The van der Waals surface area contributed by atoms with Crippen LogP contribution in [0.4, 0.5) is 0 Å². The number of nitrogens with one attached hydrogen (secondary N) is 1. The summed E-state index contributed by atoms with van der Waals surface area (Å²) in [6, 6.07) is 7.13. The Morgan fingerprint density at radius 3 is 2.76 bits per heavy atom. The molecule has 0 atom stereocenters. The van der Waals surface area contributed by atoms with Crippen LogP contribution in [0, 0.1) is 0 Å². The monoisotopic (exact) mass is 287 g/mol. The SMILES string of the molecule is COc1cccc(OCC(=O)NCCc2cncnc2)c1. The molecule has 0 spiro atoms. The lowest BCUT2D eigenvalue weighted by Gasteiger charge is -2.08. The van der Waals surface area contributed by atoms with Crippen LogP contribution in [-0.4, -0.2) is 36.1 Å². The van der Waals surface area contributed by atoms with E-state index in [1.54, 1.807) is 31.6 Å². The Morgan fingerprint density at radius 1 is 1.24 bits per heavy atom. The second-order valence-corrected chi connectivity index (χ2v) is 4.31. The molecule has 0 aliphatic carbocycles. The normalized spacial score (nSPS) is 9.95. The number of amides is 1. The largest absolute Gasteiger partial charge is 0.497 e. The highest BCUT2D eigenvalue weighted by Crippen LogP contribution is 2.18. The fourth-order valence-electron chi connectivity index (χ4n) is 1.70. The first-order valence-electron chi connectivity index (χ1n) is 6.55. The third-order valence-corrected chi connectivity index (χ3v) is 2.76. The molecule has 0 fully saturated rings. The van der Waals surface area contributed by atoms with Crippen LogP contribution in [0.15, 0.2) is 43.0 Å². The van der Waals surface area contributed by atoms with Crippen LogP contribution in [0.2, 0.25) is 0 Å². The Bertz CT molecular complexity index is 575. The number of benzene rings is 1. The number of carbonyl (C=O) groups is 1. The molecule has 1 aromatic heterocycles. The van der Waals surface area contributed by atoms with Crippen molar-refractivity contribution in [2.45, 2.75) is 6.42 Å². The molecule has 2 aromatic rings. The minimum absolute atomic E-state index is 0.0293. The van der Waals surface area contributed by atoms with Crippen LogP contribution >= 0.6 is 0 Å². The second kappa shape index (κ2) is 7.84. The maximum absolute atomic E-state index is 11.7. The predicted octanol–water partition coefficient (Wildman–Crippen LogP) is 1.22. The van der Waals surface area contributed by atoms with Gasteiger partial charge < -0.3 is 14.8 Å². The molecule has 6 heteroatoms. The van der Waals surface area contributed by atoms with Gasteiger partial charge in [0.1, 0.15) is 17.8 Å². The van der Waals surface area contributed by atoms with Crippen LogP contribution in [0.5, 0.6) is 11.5 Å². The maximum atomic E-state index is 11.7. The van der Waals surface area contributed by atoms with Crippen molar-refractivity contribution in [1.82, 2.24) is 15.3 Å². The summed E-state index contributed by atoms with van der Waals surface area (Å²) in [6.45, 7) is 0.492. The highest BCUT2D eigenvalue weighted by atomic mass is 16.5. The third-order valence-electron chi connectivity index (χ3n) is 2.76. The Kier molecular flexibility index (Phi) is 5.51. The molecule has 1 amide bonds. The minimum atomic E-state index is -0.172. The van der Waals surface area contributed by atoms with E-state index in [9.17, 15) is 4.79 Å². The number of methoxy groups -OCH3 is 1. The minimum Gasteiger partial charge on any atom is -0.497 e. The molecule has 0 saturated heterocycles. The highest BCUT2D eigenvalue weighted by molar-refractivity contribution is 5.77. The fraction of sp³-hybridized carbons (Fsp3) is 0.267. The molecule has 0 radical (unpaired) electrons. The molecule has 0 saturated carbocycles. The van der Waals surface area contributed by atoms with Gasteiger partial charge >= 0.3 is 0 Å². The summed E-state index contributed by atoms with van der Waals surface area (Å²) < 4.78 is 10.5. The molecule has 21 heavy (non-hydrogen) atoms. The number of hydrogen-bond donors (Lipinski definition) is 1. The summed E-state index contributed by atoms with van der Waals surface area (Å²) in [5, 5.41) is 2.78. The topological polar surface area (TPSA) is 73.3 Å². The maximum Gasteiger partial charge on any atom is 0.257 e. The molecule has 110 valence electrons. The zero-order chi connectivity index (χ0) is 14.9. The average Bonchev–Trinajstić information content (AvgIpc) is 2.54. The molecule has 2 rings (SSSR count). The average molecular weight is 287 g/mol. The molecular weight excluding hydrogens is 270 g/mol. The Hall–Kier alpha value is -2.63. The van der Waals surface area contributed by atoms with Gasteiger partial charge in [0.05, 0.1) is 7.11 Å². The van der Waals surface area contributed by atoms with E-state index >= 15 is 0 Å². The zero-order valence-electron chi connectivity index (χ0n) is 11.8. The van der Waals surface area contributed by atoms with Crippen LogP contribution in [0.25, 0.3) is 0 Å². The standard InChI is InChI=1S/C15H17N3O3/c1-20-13-3-2-4-14(7-13)21-10-15(19)18-6-5-12-8-16-11-17-9-12/h2-4,7-9,11H,5-6,10H2,1H3,(H,18,19). The van der Waals surface area contributed by atoms with E-state index in [4.69, 9.17) is 9.47 Å². The zero-order valence-corrected chi connectivity index (χ0v) is 11.8. The fourth-order valence-corrected chi connectivity index (χ4v) is 1.70. The van der Waals surface area contributed by atoms with Crippen LogP contribution in [0.1, 0.15) is 5.56 Å². The van der Waals surface area contributed by atoms with E-state index in [2.05, 4.69) is 15.3 Å². The summed E-state index contributed by atoms with van der Waals surface area (Å²) in [5.41, 5.74) is 0.978. The van der Waals surface area contributed by atoms with E-state index in [0.29, 0.717) is 24.5 Å². The van der Waals surface area contributed by atoms with Gasteiger partial charge in [-0.05, 0) is 24.1 Å². The highest BCUT2D eigenvalue weighted by Gasteiger charge is 2.03. The van der Waals surface area contributed by atoms with Gasteiger partial charge in [0.15, 0.2) is 6.61 Å². The van der Waals surface area contributed by atoms with Crippen LogP contribution < -0.4 is 14.8 Å². The number of nitrogens with zero attached hydrogens (tertiary/aromatic N) is 2. The lowest BCUT2D eigenvalue weighted by Crippen LogP contribution is -2.30. The van der Waals surface area contributed by atoms with Gasteiger partial charge in [-0.1, -0.05) is 6.07 Å². The number of carbonyl (C=O) groups excluding carboxylic acids is 1. The Labute approximate surface area is 123 Å². The number of aromatic nitrogens is 2. The van der Waals surface area contributed by atoms with Gasteiger partial charge in [0, 0.05) is 25.0 Å². The first-order valence-corrected chi connectivity index (χ1v) is 6.55. The van der Waals surface area contributed by atoms with Gasteiger partial charge in [-0.25, -0.2) is 9.97 Å². The van der Waals surface area contributed by atoms with Gasteiger partial charge in [0.25, 0.3) is 5.91 Å². The second-order valence-electron chi connectivity index (χ2n) is 4.31. The molecule has 0 unspecified atom stereocenters. The van der Waals surface area contributed by atoms with Crippen molar-refractivity contribution < 1.29 is 14.3 Å². The Balaban J connectivity index is 1.70. The van der Waals surface area contributed by atoms with Gasteiger partial charge in [-0.3, -0.25) is 4.79 Å². The number of rotatable bonds is 7. The summed E-state index contributed by atoms with van der Waals surface area (Å²) in [6.07, 6.45) is 5.62. The van der Waals surface area contributed by atoms with Gasteiger partial charge in [0.2, 0.25) is 0 Å². The van der Waals surface area contributed by atoms with Gasteiger partial charge in [-0.15, -0.1) is 0 Å². The van der Waals surface area contributed by atoms with Crippen molar-refractivity contribution in [3.63, 3.8) is 0 Å². The lowest BCUT2D eigenvalue weighted by atomic mass is 10.2. The van der Waals surface area contributed by atoms with Crippen LogP contribution in [-0.2, 0) is 11.2 Å². The molecule has 0 bridgehead atoms. The summed E-state index contributed by atoms with van der Waals surface area (Å²) in [4.78, 5) is 19.5. The van der Waals surface area contributed by atoms with Gasteiger partial charge in [-0.2, -0.15) is 0 Å². The summed E-state index contributed by atoms with van der Waals surface area (Å²) >= 11 is 0. The van der Waals surface area contributed by atoms with E-state index in [1.807, 2.05) is 12.1 Å². The van der Waals surface area contributed by atoms with Crippen molar-refractivity contribution in [3.05, 3.63) is 48.5 Å². The molecule has 1 N–H and O–H groups in total. The first kappa shape index (κ1) is 14.8. The van der Waals surface area contributed by atoms with E-state index in [-0.39, 0.29) is 12.5 Å².